The van der Waals surface area contributed by atoms with Crippen LogP contribution < -0.4 is 17.7 Å². The van der Waals surface area contributed by atoms with Crippen molar-refractivity contribution < 1.29 is 21.6 Å². The van der Waals surface area contributed by atoms with E-state index in [9.17, 15) is 0 Å². The Labute approximate surface area is 136 Å². The SMILES string of the molecule is C=CCNCCCCCC[N+](C)(C)C.ClCC1CO1.[Cl-]. The van der Waals surface area contributed by atoms with E-state index in [1.807, 2.05) is 6.08 Å². The van der Waals surface area contributed by atoms with Crippen molar-refractivity contribution in [1.82, 2.24) is 5.32 Å². The lowest BCUT2D eigenvalue weighted by molar-refractivity contribution is -0.870. The van der Waals surface area contributed by atoms with Gasteiger partial charge in [-0.3, -0.25) is 0 Å². The Bertz CT molecular complexity index is 216. The number of rotatable bonds is 10. The van der Waals surface area contributed by atoms with E-state index in [2.05, 4.69) is 33.0 Å². The highest BCUT2D eigenvalue weighted by Gasteiger charge is 2.19. The monoisotopic (exact) mass is 326 g/mol. The minimum absolute atomic E-state index is 0. The fourth-order valence-electron chi connectivity index (χ4n) is 1.55. The number of hydrogen-bond donors (Lipinski definition) is 1. The van der Waals surface area contributed by atoms with Crippen molar-refractivity contribution in [1.29, 1.82) is 0 Å². The first-order valence-electron chi connectivity index (χ1n) is 7.29. The Hall–Kier alpha value is 0.200. The zero-order valence-corrected chi connectivity index (χ0v) is 14.8. The Morgan fingerprint density at radius 3 is 2.25 bits per heavy atom. The summed E-state index contributed by atoms with van der Waals surface area (Å²) < 4.78 is 5.82. The molecule has 0 amide bonds. The normalized spacial score (nSPS) is 16.7. The Morgan fingerprint density at radius 1 is 1.25 bits per heavy atom. The van der Waals surface area contributed by atoms with Crippen LogP contribution in [0.2, 0.25) is 0 Å². The summed E-state index contributed by atoms with van der Waals surface area (Å²) in [7, 11) is 6.77. The summed E-state index contributed by atoms with van der Waals surface area (Å²) in [4.78, 5) is 0. The maximum absolute atomic E-state index is 5.27. The highest BCUT2D eigenvalue weighted by Crippen LogP contribution is 2.08. The second-order valence-electron chi connectivity index (χ2n) is 6.03. The number of nitrogens with one attached hydrogen (secondary N) is 1. The molecule has 0 radical (unpaired) electrons. The van der Waals surface area contributed by atoms with Gasteiger partial charge in [0, 0.05) is 6.54 Å². The van der Waals surface area contributed by atoms with Gasteiger partial charge in [0.1, 0.15) is 0 Å². The van der Waals surface area contributed by atoms with Crippen LogP contribution >= 0.6 is 11.6 Å². The highest BCUT2D eigenvalue weighted by atomic mass is 35.5. The van der Waals surface area contributed by atoms with E-state index >= 15 is 0 Å². The topological polar surface area (TPSA) is 24.6 Å². The fourth-order valence-corrected chi connectivity index (χ4v) is 1.73. The van der Waals surface area contributed by atoms with Gasteiger partial charge in [0.2, 0.25) is 0 Å². The van der Waals surface area contributed by atoms with Crippen LogP contribution in [-0.2, 0) is 4.74 Å². The Kier molecular flexibility index (Phi) is 15.9. The molecule has 1 atom stereocenters. The number of quaternary nitrogens is 1. The molecule has 1 heterocycles. The molecule has 1 fully saturated rings. The van der Waals surface area contributed by atoms with Crippen LogP contribution in [0, 0.1) is 0 Å². The van der Waals surface area contributed by atoms with Crippen LogP contribution in [0.25, 0.3) is 0 Å². The molecule has 0 aromatic heterocycles. The number of ether oxygens (including phenoxy) is 1. The molecule has 1 rings (SSSR count). The molecule has 0 aromatic carbocycles. The maximum atomic E-state index is 5.27. The van der Waals surface area contributed by atoms with Crippen molar-refractivity contribution in [3.05, 3.63) is 12.7 Å². The lowest BCUT2D eigenvalue weighted by atomic mass is 10.2. The lowest BCUT2D eigenvalue weighted by Crippen LogP contribution is -3.00. The van der Waals surface area contributed by atoms with Gasteiger partial charge in [-0.1, -0.05) is 12.5 Å². The maximum Gasteiger partial charge on any atom is 0.0944 e. The summed E-state index contributed by atoms with van der Waals surface area (Å²) in [6, 6.07) is 0. The van der Waals surface area contributed by atoms with Crippen molar-refractivity contribution in [2.45, 2.75) is 31.8 Å². The zero-order valence-electron chi connectivity index (χ0n) is 13.3. The summed E-state index contributed by atoms with van der Waals surface area (Å²) in [6.07, 6.45) is 7.68. The summed E-state index contributed by atoms with van der Waals surface area (Å²) >= 11 is 5.27. The van der Waals surface area contributed by atoms with Gasteiger partial charge < -0.3 is 26.9 Å². The number of halogens is 2. The van der Waals surface area contributed by atoms with Crippen molar-refractivity contribution in [3.8, 4) is 0 Å². The number of unbranched alkanes of at least 4 members (excludes halogenated alkanes) is 3. The van der Waals surface area contributed by atoms with Gasteiger partial charge in [0.15, 0.2) is 0 Å². The lowest BCUT2D eigenvalue weighted by Gasteiger charge is -2.23. The molecule has 5 heteroatoms. The average molecular weight is 327 g/mol. The third kappa shape index (κ3) is 20.5. The van der Waals surface area contributed by atoms with Crippen LogP contribution in [0.5, 0.6) is 0 Å². The van der Waals surface area contributed by atoms with Crippen LogP contribution in [0.4, 0.5) is 0 Å². The summed E-state index contributed by atoms with van der Waals surface area (Å²) in [5.74, 6) is 0.667. The van der Waals surface area contributed by atoms with Crippen molar-refractivity contribution in [3.63, 3.8) is 0 Å². The third-order valence-corrected chi connectivity index (χ3v) is 3.14. The highest BCUT2D eigenvalue weighted by molar-refractivity contribution is 6.18. The number of hydrogen-bond acceptors (Lipinski definition) is 2. The van der Waals surface area contributed by atoms with E-state index in [-0.39, 0.29) is 12.4 Å². The first-order valence-corrected chi connectivity index (χ1v) is 7.82. The first-order chi connectivity index (χ1) is 8.99. The van der Waals surface area contributed by atoms with Crippen LogP contribution in [0.1, 0.15) is 25.7 Å². The molecule has 20 heavy (non-hydrogen) atoms. The molecule has 0 aromatic rings. The van der Waals surface area contributed by atoms with Crippen molar-refractivity contribution >= 4 is 11.6 Å². The van der Waals surface area contributed by atoms with Gasteiger partial charge in [0.25, 0.3) is 0 Å². The quantitative estimate of drug-likeness (QED) is 0.195. The molecule has 1 unspecified atom stereocenters. The summed E-state index contributed by atoms with van der Waals surface area (Å²) in [5, 5.41) is 3.32. The third-order valence-electron chi connectivity index (χ3n) is 2.80. The second kappa shape index (κ2) is 14.2. The van der Waals surface area contributed by atoms with E-state index in [0.717, 1.165) is 24.2 Å². The molecule has 1 saturated heterocycles. The van der Waals surface area contributed by atoms with Gasteiger partial charge in [-0.25, -0.2) is 0 Å². The van der Waals surface area contributed by atoms with Crippen molar-refractivity contribution in [2.24, 2.45) is 0 Å². The van der Waals surface area contributed by atoms with Crippen molar-refractivity contribution in [2.75, 3.05) is 53.3 Å². The van der Waals surface area contributed by atoms with Crippen LogP contribution in [0.15, 0.2) is 12.7 Å². The summed E-state index contributed by atoms with van der Waals surface area (Å²) in [5.41, 5.74) is 0. The van der Waals surface area contributed by atoms with E-state index in [4.69, 9.17) is 16.3 Å². The zero-order chi connectivity index (χ0) is 14.6. The molecule has 3 nitrogen and oxygen atoms in total. The number of alkyl halides is 1. The number of nitrogens with zero attached hydrogens (tertiary/aromatic N) is 1. The first kappa shape index (κ1) is 22.5. The molecular weight excluding hydrogens is 295 g/mol. The molecule has 0 bridgehead atoms. The molecule has 1 aliphatic heterocycles. The van der Waals surface area contributed by atoms with Gasteiger partial charge in [-0.15, -0.1) is 18.2 Å². The van der Waals surface area contributed by atoms with E-state index in [1.165, 1.54) is 32.2 Å². The smallest absolute Gasteiger partial charge is 0.0944 e. The fraction of sp³-hybridized carbons (Fsp3) is 0.867. The van der Waals surface area contributed by atoms with Gasteiger partial charge in [0.05, 0.1) is 46.3 Å². The standard InChI is InChI=1S/C12H27N2.C3H5ClO.ClH/c1-5-10-13-11-8-6-7-9-12-14(2,3)4;4-1-3-2-5-3;/h5,13H,1,6-12H2,2-4H3;3H,1-2H2;1H/q+1;;/p-1. The van der Waals surface area contributed by atoms with E-state index in [1.54, 1.807) is 0 Å². The van der Waals surface area contributed by atoms with Crippen LogP contribution in [0.3, 0.4) is 0 Å². The van der Waals surface area contributed by atoms with Gasteiger partial charge >= 0.3 is 0 Å². The Balaban J connectivity index is 0. The molecular formula is C15H32Cl2N2O. The van der Waals surface area contributed by atoms with Gasteiger partial charge in [-0.2, -0.15) is 0 Å². The van der Waals surface area contributed by atoms with Crippen LogP contribution in [-0.4, -0.2) is 63.9 Å². The molecule has 122 valence electrons. The van der Waals surface area contributed by atoms with Gasteiger partial charge in [-0.05, 0) is 25.8 Å². The predicted octanol–water partition coefficient (Wildman–Crippen LogP) is -0.343. The molecule has 1 N–H and O–H groups in total. The molecule has 0 spiro atoms. The Morgan fingerprint density at radius 2 is 1.85 bits per heavy atom. The minimum Gasteiger partial charge on any atom is -1.00 e. The number of epoxide rings is 1. The average Bonchev–Trinajstić information content (AvgIpc) is 3.16. The predicted molar refractivity (Wildman–Crippen MR) is 84.9 cm³/mol. The van der Waals surface area contributed by atoms with E-state index in [0.29, 0.717) is 12.0 Å². The van der Waals surface area contributed by atoms with E-state index < -0.39 is 0 Å². The largest absolute Gasteiger partial charge is 1.00 e. The summed E-state index contributed by atoms with van der Waals surface area (Å²) in [6.45, 7) is 7.92. The molecule has 0 saturated carbocycles. The molecule has 0 aliphatic carbocycles. The minimum atomic E-state index is 0. The second-order valence-corrected chi connectivity index (χ2v) is 6.34. The molecule has 1 aliphatic rings.